The molecule has 0 atom stereocenters. The van der Waals surface area contributed by atoms with Crippen LogP contribution in [0.15, 0.2) is 42.5 Å². The lowest BCUT2D eigenvalue weighted by molar-refractivity contribution is -0.121. The number of carbonyl (C=O) groups is 1. The quantitative estimate of drug-likeness (QED) is 0.513. The summed E-state index contributed by atoms with van der Waals surface area (Å²) in [5.41, 5.74) is 0.363. The van der Waals surface area contributed by atoms with E-state index in [1.165, 1.54) is 22.5 Å². The van der Waals surface area contributed by atoms with Crippen LogP contribution >= 0.6 is 34.8 Å². The van der Waals surface area contributed by atoms with Gasteiger partial charge in [-0.2, -0.15) is 0 Å². The molecule has 0 spiro atoms. The Kier molecular flexibility index (Phi) is 8.89. The monoisotopic (exact) mass is 478 g/mol. The second kappa shape index (κ2) is 10.9. The van der Waals surface area contributed by atoms with Crippen LogP contribution in [0, 0.1) is 0 Å². The minimum Gasteiger partial charge on any atom is -0.492 e. The Balaban J connectivity index is 1.78. The van der Waals surface area contributed by atoms with Gasteiger partial charge in [-0.1, -0.05) is 34.8 Å². The number of nitrogens with zero attached hydrogens (tertiary/aromatic N) is 1. The number of carbonyl (C=O) groups excluding carboxylic acids is 1. The highest BCUT2D eigenvalue weighted by atomic mass is 35.5. The molecule has 6 nitrogen and oxygen atoms in total. The third kappa shape index (κ3) is 8.30. The topological polar surface area (TPSA) is 75.7 Å². The number of hydrogen-bond donors (Lipinski definition) is 1. The van der Waals surface area contributed by atoms with Gasteiger partial charge in [-0.25, -0.2) is 8.42 Å². The molecule has 0 bridgehead atoms. The van der Waals surface area contributed by atoms with Crippen LogP contribution in [0.2, 0.25) is 15.1 Å². The van der Waals surface area contributed by atoms with Gasteiger partial charge in [0.1, 0.15) is 12.4 Å². The van der Waals surface area contributed by atoms with Crippen molar-refractivity contribution < 1.29 is 17.9 Å². The van der Waals surface area contributed by atoms with Crippen molar-refractivity contribution in [2.45, 2.75) is 12.8 Å². The molecule has 0 saturated heterocycles. The summed E-state index contributed by atoms with van der Waals surface area (Å²) in [5, 5.41) is 4.02. The first kappa shape index (κ1) is 23.6. The van der Waals surface area contributed by atoms with E-state index in [4.69, 9.17) is 39.5 Å². The van der Waals surface area contributed by atoms with Crippen molar-refractivity contribution >= 4 is 56.4 Å². The van der Waals surface area contributed by atoms with E-state index in [1.54, 1.807) is 24.3 Å². The van der Waals surface area contributed by atoms with E-state index in [1.807, 2.05) is 0 Å². The van der Waals surface area contributed by atoms with Crippen LogP contribution in [0.1, 0.15) is 12.8 Å². The van der Waals surface area contributed by atoms with Gasteiger partial charge in [0.2, 0.25) is 15.9 Å². The number of halogens is 3. The van der Waals surface area contributed by atoms with Gasteiger partial charge in [0.05, 0.1) is 18.5 Å². The van der Waals surface area contributed by atoms with Crippen LogP contribution in [0.3, 0.4) is 0 Å². The molecule has 0 aliphatic heterocycles. The molecule has 1 amide bonds. The number of hydrogen-bond acceptors (Lipinski definition) is 4. The fraction of sp³-hybridized carbons (Fsp3) is 0.316. The van der Waals surface area contributed by atoms with E-state index in [0.717, 1.165) is 6.26 Å². The van der Waals surface area contributed by atoms with Crippen molar-refractivity contribution in [1.82, 2.24) is 5.32 Å². The molecule has 0 saturated carbocycles. The molecule has 0 aliphatic rings. The Bertz CT molecular complexity index is 917. The lowest BCUT2D eigenvalue weighted by atomic mass is 10.2. The second-order valence-electron chi connectivity index (χ2n) is 6.22. The van der Waals surface area contributed by atoms with Crippen molar-refractivity contribution in [3.05, 3.63) is 57.5 Å². The van der Waals surface area contributed by atoms with E-state index in [-0.39, 0.29) is 18.9 Å². The van der Waals surface area contributed by atoms with Crippen molar-refractivity contribution in [1.29, 1.82) is 0 Å². The maximum absolute atomic E-state index is 12.1. The summed E-state index contributed by atoms with van der Waals surface area (Å²) in [5.74, 6) is 0.468. The van der Waals surface area contributed by atoms with Gasteiger partial charge in [-0.3, -0.25) is 9.10 Å². The summed E-state index contributed by atoms with van der Waals surface area (Å²) in [4.78, 5) is 12.0. The Labute approximate surface area is 185 Å². The van der Waals surface area contributed by atoms with E-state index in [2.05, 4.69) is 5.32 Å². The number of nitrogens with one attached hydrogen (secondary N) is 1. The fourth-order valence-corrected chi connectivity index (χ4v) is 4.12. The van der Waals surface area contributed by atoms with Gasteiger partial charge in [-0.15, -0.1) is 0 Å². The van der Waals surface area contributed by atoms with Gasteiger partial charge in [0.25, 0.3) is 0 Å². The Morgan fingerprint density at radius 3 is 2.24 bits per heavy atom. The van der Waals surface area contributed by atoms with E-state index >= 15 is 0 Å². The zero-order valence-corrected chi connectivity index (χ0v) is 18.8. The van der Waals surface area contributed by atoms with Gasteiger partial charge in [0.15, 0.2) is 0 Å². The first-order valence-electron chi connectivity index (χ1n) is 8.74. The molecule has 0 heterocycles. The standard InChI is InChI=1S/C19H21Cl3N2O4S/c1-29(26,27)24(17-12-15(21)11-16(22)13-17)9-2-3-19(25)23-8-10-28-18-6-4-14(20)5-7-18/h4-7,11-13H,2-3,8-10H2,1H3,(H,23,25). The first-order valence-corrected chi connectivity index (χ1v) is 11.7. The van der Waals surface area contributed by atoms with E-state index in [0.29, 0.717) is 46.1 Å². The summed E-state index contributed by atoms with van der Waals surface area (Å²) in [7, 11) is -3.55. The predicted molar refractivity (Wildman–Crippen MR) is 118 cm³/mol. The molecule has 10 heteroatoms. The van der Waals surface area contributed by atoms with Gasteiger partial charge in [0, 0.05) is 28.0 Å². The number of benzene rings is 2. The Hall–Kier alpha value is -1.67. The van der Waals surface area contributed by atoms with Crippen molar-refractivity contribution in [3.8, 4) is 5.75 Å². The summed E-state index contributed by atoms with van der Waals surface area (Å²) in [6.07, 6.45) is 1.60. The third-order valence-electron chi connectivity index (χ3n) is 3.81. The van der Waals surface area contributed by atoms with Crippen LogP contribution in [0.4, 0.5) is 5.69 Å². The Morgan fingerprint density at radius 1 is 1.03 bits per heavy atom. The molecule has 2 aromatic rings. The Morgan fingerprint density at radius 2 is 1.66 bits per heavy atom. The molecule has 158 valence electrons. The number of rotatable bonds is 10. The minimum absolute atomic E-state index is 0.129. The van der Waals surface area contributed by atoms with Crippen LogP contribution in [0.25, 0.3) is 0 Å². The van der Waals surface area contributed by atoms with Crippen LogP contribution < -0.4 is 14.4 Å². The maximum Gasteiger partial charge on any atom is 0.232 e. The van der Waals surface area contributed by atoms with Crippen molar-refractivity contribution in [2.75, 3.05) is 30.3 Å². The highest BCUT2D eigenvalue weighted by molar-refractivity contribution is 7.92. The maximum atomic E-state index is 12.1. The zero-order valence-electron chi connectivity index (χ0n) is 15.7. The second-order valence-corrected chi connectivity index (χ2v) is 9.43. The van der Waals surface area contributed by atoms with Gasteiger partial charge in [-0.05, 0) is 48.9 Å². The molecule has 0 radical (unpaired) electrons. The molecule has 0 aromatic heterocycles. The number of ether oxygens (including phenoxy) is 1. The molecular formula is C19H21Cl3N2O4S. The zero-order chi connectivity index (χ0) is 21.4. The third-order valence-corrected chi connectivity index (χ3v) is 5.69. The highest BCUT2D eigenvalue weighted by Gasteiger charge is 2.18. The normalized spacial score (nSPS) is 11.2. The summed E-state index contributed by atoms with van der Waals surface area (Å²) in [6, 6.07) is 11.5. The molecule has 1 N–H and O–H groups in total. The number of sulfonamides is 1. The largest absolute Gasteiger partial charge is 0.492 e. The summed E-state index contributed by atoms with van der Waals surface area (Å²) < 4.78 is 30.9. The molecule has 29 heavy (non-hydrogen) atoms. The molecule has 0 fully saturated rings. The van der Waals surface area contributed by atoms with Gasteiger partial charge < -0.3 is 10.1 Å². The summed E-state index contributed by atoms with van der Waals surface area (Å²) in [6.45, 7) is 0.773. The van der Waals surface area contributed by atoms with Crippen LogP contribution in [-0.2, 0) is 14.8 Å². The highest BCUT2D eigenvalue weighted by Crippen LogP contribution is 2.27. The molecular weight excluding hydrogens is 459 g/mol. The average Bonchev–Trinajstić information content (AvgIpc) is 2.62. The van der Waals surface area contributed by atoms with E-state index < -0.39 is 10.0 Å². The van der Waals surface area contributed by atoms with Crippen molar-refractivity contribution in [2.24, 2.45) is 0 Å². The fourth-order valence-electron chi connectivity index (χ4n) is 2.53. The molecule has 2 rings (SSSR count). The average molecular weight is 480 g/mol. The number of amides is 1. The minimum atomic E-state index is -3.55. The first-order chi connectivity index (χ1) is 13.6. The molecule has 0 unspecified atom stereocenters. The molecule has 0 aliphatic carbocycles. The molecule has 2 aromatic carbocycles. The van der Waals surface area contributed by atoms with Gasteiger partial charge >= 0.3 is 0 Å². The number of anilines is 1. The van der Waals surface area contributed by atoms with Crippen LogP contribution in [-0.4, -0.2) is 40.3 Å². The van der Waals surface area contributed by atoms with E-state index in [9.17, 15) is 13.2 Å². The van der Waals surface area contributed by atoms with Crippen molar-refractivity contribution in [3.63, 3.8) is 0 Å². The van der Waals surface area contributed by atoms with Crippen LogP contribution in [0.5, 0.6) is 5.75 Å². The smallest absolute Gasteiger partial charge is 0.232 e. The SMILES string of the molecule is CS(=O)(=O)N(CCCC(=O)NCCOc1ccc(Cl)cc1)c1cc(Cl)cc(Cl)c1. The lowest BCUT2D eigenvalue weighted by Gasteiger charge is -2.22. The summed E-state index contributed by atoms with van der Waals surface area (Å²) >= 11 is 17.7. The lowest BCUT2D eigenvalue weighted by Crippen LogP contribution is -2.33. The predicted octanol–water partition coefficient (Wildman–Crippen LogP) is 4.39.